The number of rotatable bonds is 15. The van der Waals surface area contributed by atoms with Crippen LogP contribution in [-0.4, -0.2) is 24.9 Å². The van der Waals surface area contributed by atoms with Crippen molar-refractivity contribution in [3.05, 3.63) is 102 Å². The van der Waals surface area contributed by atoms with E-state index in [1.807, 2.05) is 54.6 Å². The molecule has 0 atom stereocenters. The SMILES string of the molecule is OCCCOCCCC/C=C/c1cc(OCc2ccccc2)cc(OCc2ccccc2)c1. The van der Waals surface area contributed by atoms with Crippen molar-refractivity contribution in [1.29, 1.82) is 0 Å². The number of aliphatic hydroxyl groups excluding tert-OH is 1. The fourth-order valence-electron chi connectivity index (χ4n) is 3.29. The summed E-state index contributed by atoms with van der Waals surface area (Å²) >= 11 is 0. The van der Waals surface area contributed by atoms with E-state index in [4.69, 9.17) is 19.3 Å². The lowest BCUT2D eigenvalue weighted by Crippen LogP contribution is -1.99. The van der Waals surface area contributed by atoms with Crippen LogP contribution in [0.25, 0.3) is 6.08 Å². The molecular formula is C29H34O4. The third kappa shape index (κ3) is 9.94. The van der Waals surface area contributed by atoms with E-state index in [1.54, 1.807) is 0 Å². The fourth-order valence-corrected chi connectivity index (χ4v) is 3.29. The van der Waals surface area contributed by atoms with Gasteiger partial charge in [-0.25, -0.2) is 0 Å². The second-order valence-corrected chi connectivity index (χ2v) is 7.87. The van der Waals surface area contributed by atoms with Crippen molar-refractivity contribution in [1.82, 2.24) is 0 Å². The zero-order valence-corrected chi connectivity index (χ0v) is 19.2. The van der Waals surface area contributed by atoms with Crippen molar-refractivity contribution >= 4 is 6.08 Å². The molecule has 3 aromatic rings. The highest BCUT2D eigenvalue weighted by molar-refractivity contribution is 5.55. The third-order valence-corrected chi connectivity index (χ3v) is 5.07. The molecule has 0 aromatic heterocycles. The maximum Gasteiger partial charge on any atom is 0.124 e. The highest BCUT2D eigenvalue weighted by atomic mass is 16.5. The lowest BCUT2D eigenvalue weighted by atomic mass is 10.1. The summed E-state index contributed by atoms with van der Waals surface area (Å²) in [6.07, 6.45) is 8.08. The van der Waals surface area contributed by atoms with Gasteiger partial charge in [0.15, 0.2) is 0 Å². The van der Waals surface area contributed by atoms with E-state index >= 15 is 0 Å². The molecule has 0 aliphatic heterocycles. The number of allylic oxidation sites excluding steroid dienone is 1. The van der Waals surface area contributed by atoms with Gasteiger partial charge in [-0.1, -0.05) is 72.8 Å². The molecule has 0 aliphatic carbocycles. The summed E-state index contributed by atoms with van der Waals surface area (Å²) in [4.78, 5) is 0. The van der Waals surface area contributed by atoms with Crippen LogP contribution in [0.4, 0.5) is 0 Å². The molecule has 0 spiro atoms. The molecule has 0 unspecified atom stereocenters. The smallest absolute Gasteiger partial charge is 0.124 e. The average Bonchev–Trinajstić information content (AvgIpc) is 2.86. The quantitative estimate of drug-likeness (QED) is 0.273. The monoisotopic (exact) mass is 446 g/mol. The first kappa shape index (κ1) is 24.6. The molecule has 0 fully saturated rings. The van der Waals surface area contributed by atoms with E-state index in [0.717, 1.165) is 54.1 Å². The zero-order valence-electron chi connectivity index (χ0n) is 19.2. The number of hydrogen-bond donors (Lipinski definition) is 1. The molecule has 174 valence electrons. The molecule has 0 amide bonds. The van der Waals surface area contributed by atoms with Crippen LogP contribution in [0.3, 0.4) is 0 Å². The summed E-state index contributed by atoms with van der Waals surface area (Å²) in [5.41, 5.74) is 3.32. The van der Waals surface area contributed by atoms with Crippen LogP contribution in [0.2, 0.25) is 0 Å². The number of hydrogen-bond acceptors (Lipinski definition) is 4. The van der Waals surface area contributed by atoms with E-state index in [9.17, 15) is 0 Å². The van der Waals surface area contributed by atoms with Crippen LogP contribution in [-0.2, 0) is 18.0 Å². The van der Waals surface area contributed by atoms with E-state index < -0.39 is 0 Å². The Morgan fingerprint density at radius 3 is 1.82 bits per heavy atom. The van der Waals surface area contributed by atoms with Crippen molar-refractivity contribution < 1.29 is 19.3 Å². The Bertz CT molecular complexity index is 877. The van der Waals surface area contributed by atoms with Crippen LogP contribution in [0.5, 0.6) is 11.5 Å². The molecule has 0 radical (unpaired) electrons. The van der Waals surface area contributed by atoms with Crippen LogP contribution < -0.4 is 9.47 Å². The maximum atomic E-state index is 8.76. The van der Waals surface area contributed by atoms with Gasteiger partial charge in [0.25, 0.3) is 0 Å². The number of aliphatic hydroxyl groups is 1. The molecule has 33 heavy (non-hydrogen) atoms. The lowest BCUT2D eigenvalue weighted by Gasteiger charge is -2.12. The molecule has 1 N–H and O–H groups in total. The molecule has 0 heterocycles. The average molecular weight is 447 g/mol. The van der Waals surface area contributed by atoms with E-state index in [1.165, 1.54) is 0 Å². The maximum absolute atomic E-state index is 8.76. The van der Waals surface area contributed by atoms with Gasteiger partial charge >= 0.3 is 0 Å². The van der Waals surface area contributed by atoms with Gasteiger partial charge in [-0.3, -0.25) is 0 Å². The van der Waals surface area contributed by atoms with Gasteiger partial charge in [0.2, 0.25) is 0 Å². The summed E-state index contributed by atoms with van der Waals surface area (Å²) in [6.45, 7) is 2.60. The van der Waals surface area contributed by atoms with Gasteiger partial charge in [-0.2, -0.15) is 0 Å². The van der Waals surface area contributed by atoms with E-state index in [2.05, 4.69) is 36.4 Å². The molecule has 3 rings (SSSR count). The van der Waals surface area contributed by atoms with Crippen molar-refractivity contribution in [3.63, 3.8) is 0 Å². The Morgan fingerprint density at radius 2 is 1.24 bits per heavy atom. The first-order valence-corrected chi connectivity index (χ1v) is 11.7. The predicted molar refractivity (Wildman–Crippen MR) is 133 cm³/mol. The standard InChI is InChI=1S/C29H34O4/c30-17-11-19-31-18-10-2-1-5-16-27-20-28(32-23-25-12-6-3-7-13-25)22-29(21-27)33-24-26-14-8-4-9-15-26/h3-9,12-16,20-22,30H,1-2,10-11,17-19,23-24H2/b16-5+. The molecule has 3 aromatic carbocycles. The second-order valence-electron chi connectivity index (χ2n) is 7.87. The van der Waals surface area contributed by atoms with Crippen LogP contribution in [0, 0.1) is 0 Å². The summed E-state index contributed by atoms with van der Waals surface area (Å²) in [6, 6.07) is 26.4. The van der Waals surface area contributed by atoms with Crippen LogP contribution >= 0.6 is 0 Å². The molecule has 4 nitrogen and oxygen atoms in total. The van der Waals surface area contributed by atoms with Gasteiger partial charge in [0.1, 0.15) is 24.7 Å². The molecular weight excluding hydrogens is 412 g/mol. The van der Waals surface area contributed by atoms with Gasteiger partial charge in [-0.05, 0) is 54.5 Å². The summed E-state index contributed by atoms with van der Waals surface area (Å²) in [7, 11) is 0. The Kier molecular flexibility index (Phi) is 11.1. The number of unbranched alkanes of at least 4 members (excludes halogenated alkanes) is 2. The molecule has 0 saturated heterocycles. The topological polar surface area (TPSA) is 47.9 Å². The second kappa shape index (κ2) is 14.9. The molecule has 4 heteroatoms. The highest BCUT2D eigenvalue weighted by Gasteiger charge is 2.04. The molecule has 0 aliphatic rings. The van der Waals surface area contributed by atoms with Gasteiger partial charge in [-0.15, -0.1) is 0 Å². The largest absolute Gasteiger partial charge is 0.489 e. The van der Waals surface area contributed by atoms with Crippen molar-refractivity contribution in [2.45, 2.75) is 38.9 Å². The minimum absolute atomic E-state index is 0.188. The van der Waals surface area contributed by atoms with Crippen molar-refractivity contribution in [2.24, 2.45) is 0 Å². The summed E-state index contributed by atoms with van der Waals surface area (Å²) in [5.74, 6) is 1.59. The van der Waals surface area contributed by atoms with Crippen molar-refractivity contribution in [2.75, 3.05) is 19.8 Å². The minimum atomic E-state index is 0.188. The van der Waals surface area contributed by atoms with Crippen LogP contribution in [0.15, 0.2) is 84.9 Å². The Hall–Kier alpha value is -3.08. The Balaban J connectivity index is 1.57. The first-order valence-electron chi connectivity index (χ1n) is 11.7. The summed E-state index contributed by atoms with van der Waals surface area (Å²) in [5, 5.41) is 8.76. The number of ether oxygens (including phenoxy) is 3. The van der Waals surface area contributed by atoms with Gasteiger partial charge in [0.05, 0.1) is 0 Å². The van der Waals surface area contributed by atoms with E-state index in [-0.39, 0.29) is 6.61 Å². The van der Waals surface area contributed by atoms with E-state index in [0.29, 0.717) is 26.2 Å². The summed E-state index contributed by atoms with van der Waals surface area (Å²) < 4.78 is 17.6. The molecule has 0 bridgehead atoms. The van der Waals surface area contributed by atoms with Gasteiger partial charge < -0.3 is 19.3 Å². The lowest BCUT2D eigenvalue weighted by molar-refractivity contribution is 0.113. The van der Waals surface area contributed by atoms with Crippen LogP contribution in [0.1, 0.15) is 42.4 Å². The normalized spacial score (nSPS) is 11.1. The molecule has 0 saturated carbocycles. The minimum Gasteiger partial charge on any atom is -0.489 e. The highest BCUT2D eigenvalue weighted by Crippen LogP contribution is 2.26. The predicted octanol–water partition coefficient (Wildman–Crippen LogP) is 6.43. The van der Waals surface area contributed by atoms with Crippen molar-refractivity contribution in [3.8, 4) is 11.5 Å². The van der Waals surface area contributed by atoms with Gasteiger partial charge in [0, 0.05) is 25.9 Å². The Morgan fingerprint density at radius 1 is 0.667 bits per heavy atom. The fraction of sp³-hybridized carbons (Fsp3) is 0.310. The third-order valence-electron chi connectivity index (χ3n) is 5.07. The zero-order chi connectivity index (χ0) is 23.0. The first-order chi connectivity index (χ1) is 16.3. The number of benzene rings is 3. The Labute approximate surface area is 197 Å².